The van der Waals surface area contributed by atoms with E-state index in [1.54, 1.807) is 0 Å². The Morgan fingerprint density at radius 1 is 1.44 bits per heavy atom. The van der Waals surface area contributed by atoms with Crippen LogP contribution in [0.5, 0.6) is 0 Å². The molecule has 1 aromatic carbocycles. The van der Waals surface area contributed by atoms with Crippen molar-refractivity contribution in [1.29, 1.82) is 0 Å². The maximum absolute atomic E-state index is 10.8. The van der Waals surface area contributed by atoms with Gasteiger partial charge in [-0.05, 0) is 24.6 Å². The van der Waals surface area contributed by atoms with Gasteiger partial charge in [-0.15, -0.1) is 0 Å². The minimum absolute atomic E-state index is 0.00449. The summed E-state index contributed by atoms with van der Waals surface area (Å²) in [6.45, 7) is 0.673. The van der Waals surface area contributed by atoms with Crippen molar-refractivity contribution in [1.82, 2.24) is 9.88 Å². The van der Waals surface area contributed by atoms with E-state index >= 15 is 0 Å². The van der Waals surface area contributed by atoms with E-state index in [-0.39, 0.29) is 6.54 Å². The first kappa shape index (κ1) is 10.7. The molecule has 0 fully saturated rings. The summed E-state index contributed by atoms with van der Waals surface area (Å²) in [6, 6.07) is 9.83. The van der Waals surface area contributed by atoms with Crippen LogP contribution in [0.1, 0.15) is 5.69 Å². The molecule has 0 saturated carbocycles. The highest BCUT2D eigenvalue weighted by atomic mass is 16.4. The van der Waals surface area contributed by atoms with E-state index in [2.05, 4.69) is 5.32 Å². The van der Waals surface area contributed by atoms with Crippen molar-refractivity contribution in [3.8, 4) is 0 Å². The third-order valence-electron chi connectivity index (χ3n) is 2.55. The molecule has 0 bridgehead atoms. The quantitative estimate of drug-likeness (QED) is 0.816. The molecular formula is C12H14N2O2. The monoisotopic (exact) mass is 218 g/mol. The molecule has 0 atom stereocenters. The van der Waals surface area contributed by atoms with Gasteiger partial charge in [-0.1, -0.05) is 18.2 Å². The molecule has 2 N–H and O–H groups in total. The molecule has 4 heteroatoms. The Morgan fingerprint density at radius 3 is 2.88 bits per heavy atom. The minimum Gasteiger partial charge on any atom is -0.480 e. The lowest BCUT2D eigenvalue weighted by Crippen LogP contribution is -2.15. The minimum atomic E-state index is -0.821. The molecule has 16 heavy (non-hydrogen) atoms. The molecule has 2 rings (SSSR count). The lowest BCUT2D eigenvalue weighted by atomic mass is 10.2. The number of carbonyl (C=O) groups is 1. The van der Waals surface area contributed by atoms with Crippen LogP contribution in [-0.2, 0) is 17.9 Å². The van der Waals surface area contributed by atoms with E-state index in [4.69, 9.17) is 5.11 Å². The molecule has 84 valence electrons. The fourth-order valence-electron chi connectivity index (χ4n) is 1.92. The normalized spacial score (nSPS) is 10.8. The molecule has 0 aliphatic carbocycles. The van der Waals surface area contributed by atoms with Crippen LogP contribution in [0.4, 0.5) is 0 Å². The highest BCUT2D eigenvalue weighted by molar-refractivity contribution is 5.82. The average Bonchev–Trinajstić information content (AvgIpc) is 2.57. The zero-order chi connectivity index (χ0) is 11.5. The lowest BCUT2D eigenvalue weighted by molar-refractivity contribution is -0.137. The Morgan fingerprint density at radius 2 is 2.19 bits per heavy atom. The summed E-state index contributed by atoms with van der Waals surface area (Å²) in [7, 11) is 1.85. The molecule has 0 aliphatic heterocycles. The summed E-state index contributed by atoms with van der Waals surface area (Å²) in [5.74, 6) is -0.821. The second-order valence-corrected chi connectivity index (χ2v) is 3.70. The molecule has 0 saturated heterocycles. The predicted molar refractivity (Wildman–Crippen MR) is 62.3 cm³/mol. The number of hydrogen-bond donors (Lipinski definition) is 2. The van der Waals surface area contributed by atoms with Gasteiger partial charge < -0.3 is 15.0 Å². The first-order valence-corrected chi connectivity index (χ1v) is 5.16. The van der Waals surface area contributed by atoms with Gasteiger partial charge in [-0.25, -0.2) is 0 Å². The van der Waals surface area contributed by atoms with Crippen molar-refractivity contribution in [3.05, 3.63) is 36.0 Å². The van der Waals surface area contributed by atoms with E-state index in [0.717, 1.165) is 16.6 Å². The number of hydrogen-bond acceptors (Lipinski definition) is 2. The van der Waals surface area contributed by atoms with Crippen LogP contribution in [0.2, 0.25) is 0 Å². The van der Waals surface area contributed by atoms with Crippen LogP contribution in [0.3, 0.4) is 0 Å². The van der Waals surface area contributed by atoms with Gasteiger partial charge in [0, 0.05) is 17.8 Å². The Bertz CT molecular complexity index is 517. The second-order valence-electron chi connectivity index (χ2n) is 3.70. The maximum Gasteiger partial charge on any atom is 0.323 e. The Hall–Kier alpha value is -1.81. The lowest BCUT2D eigenvalue weighted by Gasteiger charge is -2.07. The fraction of sp³-hybridized carbons (Fsp3) is 0.250. The number of aromatic nitrogens is 1. The molecule has 0 spiro atoms. The largest absolute Gasteiger partial charge is 0.480 e. The van der Waals surface area contributed by atoms with E-state index in [1.807, 2.05) is 41.9 Å². The van der Waals surface area contributed by atoms with Crippen molar-refractivity contribution in [2.24, 2.45) is 0 Å². The molecule has 2 aromatic rings. The van der Waals surface area contributed by atoms with Crippen molar-refractivity contribution < 1.29 is 9.90 Å². The molecule has 0 unspecified atom stereocenters. The number of rotatable bonds is 4. The van der Waals surface area contributed by atoms with Crippen LogP contribution < -0.4 is 5.32 Å². The van der Waals surface area contributed by atoms with E-state index in [0.29, 0.717) is 6.54 Å². The summed E-state index contributed by atoms with van der Waals surface area (Å²) < 4.78 is 1.83. The van der Waals surface area contributed by atoms with Crippen LogP contribution in [0.15, 0.2) is 30.3 Å². The maximum atomic E-state index is 10.8. The van der Waals surface area contributed by atoms with E-state index < -0.39 is 5.97 Å². The number of nitrogens with zero attached hydrogens (tertiary/aromatic N) is 1. The number of nitrogens with one attached hydrogen (secondary N) is 1. The van der Waals surface area contributed by atoms with Gasteiger partial charge in [0.1, 0.15) is 6.54 Å². The van der Waals surface area contributed by atoms with Gasteiger partial charge in [-0.2, -0.15) is 0 Å². The van der Waals surface area contributed by atoms with Gasteiger partial charge in [0.15, 0.2) is 0 Å². The summed E-state index contributed by atoms with van der Waals surface area (Å²) in [4.78, 5) is 10.8. The summed E-state index contributed by atoms with van der Waals surface area (Å²) in [6.07, 6.45) is 0. The molecule has 0 amide bonds. The van der Waals surface area contributed by atoms with Gasteiger partial charge in [0.2, 0.25) is 0 Å². The summed E-state index contributed by atoms with van der Waals surface area (Å²) in [5.41, 5.74) is 1.96. The van der Waals surface area contributed by atoms with Crippen LogP contribution in [-0.4, -0.2) is 22.7 Å². The first-order valence-electron chi connectivity index (χ1n) is 5.16. The number of para-hydroxylation sites is 1. The van der Waals surface area contributed by atoms with E-state index in [1.165, 1.54) is 0 Å². The average molecular weight is 218 g/mol. The predicted octanol–water partition coefficient (Wildman–Crippen LogP) is 1.45. The Balaban J connectivity index is 2.54. The number of carboxylic acids is 1. The zero-order valence-electron chi connectivity index (χ0n) is 9.10. The topological polar surface area (TPSA) is 54.3 Å². The molecule has 0 aliphatic rings. The smallest absolute Gasteiger partial charge is 0.323 e. The second kappa shape index (κ2) is 4.37. The summed E-state index contributed by atoms with van der Waals surface area (Å²) in [5, 5.41) is 13.0. The van der Waals surface area contributed by atoms with Gasteiger partial charge in [-0.3, -0.25) is 4.79 Å². The number of carboxylic acid groups (broad SMARTS) is 1. The zero-order valence-corrected chi connectivity index (χ0v) is 9.10. The Labute approximate surface area is 93.5 Å². The third kappa shape index (κ3) is 1.92. The third-order valence-corrected chi connectivity index (χ3v) is 2.55. The number of benzene rings is 1. The molecule has 1 heterocycles. The number of aliphatic carboxylic acids is 1. The van der Waals surface area contributed by atoms with Gasteiger partial charge >= 0.3 is 5.97 Å². The van der Waals surface area contributed by atoms with Crippen molar-refractivity contribution in [2.75, 3.05) is 7.05 Å². The molecule has 0 radical (unpaired) electrons. The first-order chi connectivity index (χ1) is 7.72. The van der Waals surface area contributed by atoms with Crippen LogP contribution >= 0.6 is 0 Å². The molecule has 4 nitrogen and oxygen atoms in total. The van der Waals surface area contributed by atoms with E-state index in [9.17, 15) is 4.79 Å². The van der Waals surface area contributed by atoms with Gasteiger partial charge in [0.25, 0.3) is 0 Å². The van der Waals surface area contributed by atoms with Crippen molar-refractivity contribution in [2.45, 2.75) is 13.1 Å². The van der Waals surface area contributed by atoms with Crippen LogP contribution in [0.25, 0.3) is 10.9 Å². The highest BCUT2D eigenvalue weighted by Crippen LogP contribution is 2.19. The summed E-state index contributed by atoms with van der Waals surface area (Å²) >= 11 is 0. The SMILES string of the molecule is CNCc1cc2ccccc2n1CC(=O)O. The molecule has 1 aromatic heterocycles. The van der Waals surface area contributed by atoms with Crippen molar-refractivity contribution in [3.63, 3.8) is 0 Å². The number of fused-ring (bicyclic) bond motifs is 1. The van der Waals surface area contributed by atoms with Crippen molar-refractivity contribution >= 4 is 16.9 Å². The van der Waals surface area contributed by atoms with Gasteiger partial charge in [0.05, 0.1) is 0 Å². The standard InChI is InChI=1S/C12H14N2O2/c1-13-7-10-6-9-4-2-3-5-11(9)14(10)8-12(15)16/h2-6,13H,7-8H2,1H3,(H,15,16). The highest BCUT2D eigenvalue weighted by Gasteiger charge is 2.09. The fourth-order valence-corrected chi connectivity index (χ4v) is 1.92. The van der Waals surface area contributed by atoms with Crippen LogP contribution in [0, 0.1) is 0 Å². The molecular weight excluding hydrogens is 204 g/mol. The Kier molecular flexibility index (Phi) is 2.92.